The minimum atomic E-state index is 0.250. The molecule has 0 radical (unpaired) electrons. The molecule has 1 aliphatic carbocycles. The van der Waals surface area contributed by atoms with Gasteiger partial charge in [-0.3, -0.25) is 0 Å². The van der Waals surface area contributed by atoms with E-state index in [0.717, 1.165) is 5.92 Å². The fourth-order valence-corrected chi connectivity index (χ4v) is 3.95. The van der Waals surface area contributed by atoms with Gasteiger partial charge in [-0.05, 0) is 57.6 Å². The van der Waals surface area contributed by atoms with E-state index < -0.39 is 0 Å². The number of thiophene rings is 1. The van der Waals surface area contributed by atoms with Crippen molar-refractivity contribution in [3.63, 3.8) is 0 Å². The molecule has 1 heterocycles. The molecule has 1 aromatic rings. The quantitative estimate of drug-likeness (QED) is 0.858. The maximum absolute atomic E-state index is 6.36. The summed E-state index contributed by atoms with van der Waals surface area (Å²) in [6.45, 7) is 2.31. The fourth-order valence-electron chi connectivity index (χ4n) is 2.73. The van der Waals surface area contributed by atoms with Crippen LogP contribution >= 0.6 is 27.3 Å². The summed E-state index contributed by atoms with van der Waals surface area (Å²) in [4.78, 5) is 0. The molecule has 1 fully saturated rings. The summed E-state index contributed by atoms with van der Waals surface area (Å²) in [6.07, 6.45) is 6.71. The van der Waals surface area contributed by atoms with Gasteiger partial charge >= 0.3 is 0 Å². The van der Waals surface area contributed by atoms with Gasteiger partial charge in [0.1, 0.15) is 0 Å². The van der Waals surface area contributed by atoms with Gasteiger partial charge in [-0.15, -0.1) is 11.3 Å². The van der Waals surface area contributed by atoms with Crippen molar-refractivity contribution in [3.8, 4) is 0 Å². The fraction of sp³-hybridized carbons (Fsp3) is 0.692. The second-order valence-electron chi connectivity index (χ2n) is 4.90. The van der Waals surface area contributed by atoms with Crippen molar-refractivity contribution >= 4 is 27.3 Å². The number of hydrogen-bond donors (Lipinski definition) is 1. The molecule has 0 aliphatic heterocycles. The zero-order valence-electron chi connectivity index (χ0n) is 9.79. The Morgan fingerprint density at radius 3 is 2.62 bits per heavy atom. The van der Waals surface area contributed by atoms with Crippen LogP contribution in [0.3, 0.4) is 0 Å². The van der Waals surface area contributed by atoms with Crippen LogP contribution in [0.2, 0.25) is 0 Å². The maximum Gasteiger partial charge on any atom is 0.0701 e. The molecule has 2 rings (SSSR count). The average molecular weight is 302 g/mol. The normalized spacial score (nSPS) is 27.9. The molecular weight excluding hydrogens is 282 g/mol. The highest BCUT2D eigenvalue weighted by atomic mass is 79.9. The van der Waals surface area contributed by atoms with Gasteiger partial charge in [0.25, 0.3) is 0 Å². The molecule has 16 heavy (non-hydrogen) atoms. The highest BCUT2D eigenvalue weighted by molar-refractivity contribution is 9.11. The van der Waals surface area contributed by atoms with Gasteiger partial charge in [-0.25, -0.2) is 0 Å². The number of hydrogen-bond acceptors (Lipinski definition) is 2. The molecule has 0 amide bonds. The number of nitrogens with two attached hydrogens (primary N) is 1. The molecule has 0 spiro atoms. The zero-order valence-corrected chi connectivity index (χ0v) is 12.2. The minimum Gasteiger partial charge on any atom is -0.324 e. The predicted molar refractivity (Wildman–Crippen MR) is 74.7 cm³/mol. The van der Waals surface area contributed by atoms with Crippen LogP contribution in [-0.2, 0) is 0 Å². The summed E-state index contributed by atoms with van der Waals surface area (Å²) >= 11 is 5.25. The van der Waals surface area contributed by atoms with Crippen LogP contribution in [0.1, 0.15) is 50.6 Å². The molecule has 1 nitrogen and oxygen atoms in total. The third-order valence-electron chi connectivity index (χ3n) is 3.95. The van der Waals surface area contributed by atoms with Gasteiger partial charge in [0, 0.05) is 6.04 Å². The standard InChI is InChI=1S/C13H20BrNS/c1-2-9-3-5-10(6-4-9)13(15)11-7-12(14)16-8-11/h7-10,13H,2-6,15H2,1H3. The summed E-state index contributed by atoms with van der Waals surface area (Å²) in [6, 6.07) is 2.43. The van der Waals surface area contributed by atoms with Crippen molar-refractivity contribution in [3.05, 3.63) is 20.8 Å². The Morgan fingerprint density at radius 1 is 1.44 bits per heavy atom. The Bertz CT molecular complexity index is 328. The Morgan fingerprint density at radius 2 is 2.12 bits per heavy atom. The molecule has 0 saturated heterocycles. The van der Waals surface area contributed by atoms with E-state index in [0.29, 0.717) is 5.92 Å². The SMILES string of the molecule is CCC1CCC(C(N)c2csc(Br)c2)CC1. The van der Waals surface area contributed by atoms with Crippen molar-refractivity contribution in [2.45, 2.75) is 45.1 Å². The summed E-state index contributed by atoms with van der Waals surface area (Å²) < 4.78 is 1.19. The monoisotopic (exact) mass is 301 g/mol. The molecule has 1 atom stereocenters. The van der Waals surface area contributed by atoms with Crippen LogP contribution < -0.4 is 5.73 Å². The van der Waals surface area contributed by atoms with Crippen molar-refractivity contribution in [2.24, 2.45) is 17.6 Å². The first-order valence-corrected chi connectivity index (χ1v) is 7.87. The maximum atomic E-state index is 6.36. The Hall–Kier alpha value is 0.140. The first kappa shape index (κ1) is 12.6. The molecule has 2 N–H and O–H groups in total. The smallest absolute Gasteiger partial charge is 0.0701 e. The van der Waals surface area contributed by atoms with Gasteiger partial charge in [-0.2, -0.15) is 0 Å². The van der Waals surface area contributed by atoms with E-state index in [2.05, 4.69) is 34.3 Å². The molecule has 1 aromatic heterocycles. The molecule has 3 heteroatoms. The molecule has 0 bridgehead atoms. The number of halogens is 1. The molecule has 0 aromatic carbocycles. The lowest BCUT2D eigenvalue weighted by Gasteiger charge is -2.31. The molecule has 90 valence electrons. The second-order valence-corrected chi connectivity index (χ2v) is 7.19. The first-order valence-electron chi connectivity index (χ1n) is 6.20. The first-order chi connectivity index (χ1) is 7.70. The van der Waals surface area contributed by atoms with E-state index >= 15 is 0 Å². The zero-order chi connectivity index (χ0) is 11.5. The molecule has 1 unspecified atom stereocenters. The summed E-state index contributed by atoms with van der Waals surface area (Å²) in [5, 5.41) is 2.20. The average Bonchev–Trinajstić information content (AvgIpc) is 2.75. The van der Waals surface area contributed by atoms with Gasteiger partial charge in [0.05, 0.1) is 3.79 Å². The van der Waals surface area contributed by atoms with Crippen molar-refractivity contribution in [1.82, 2.24) is 0 Å². The molecular formula is C13H20BrNS. The highest BCUT2D eigenvalue weighted by Gasteiger charge is 2.26. The van der Waals surface area contributed by atoms with Crippen LogP contribution in [0.4, 0.5) is 0 Å². The minimum absolute atomic E-state index is 0.250. The Kier molecular flexibility index (Phi) is 4.45. The third kappa shape index (κ3) is 2.88. The van der Waals surface area contributed by atoms with Crippen LogP contribution in [-0.4, -0.2) is 0 Å². The largest absolute Gasteiger partial charge is 0.324 e. The van der Waals surface area contributed by atoms with Crippen LogP contribution in [0.5, 0.6) is 0 Å². The van der Waals surface area contributed by atoms with E-state index in [4.69, 9.17) is 5.73 Å². The van der Waals surface area contributed by atoms with Gasteiger partial charge in [-0.1, -0.05) is 26.2 Å². The Balaban J connectivity index is 1.93. The van der Waals surface area contributed by atoms with E-state index in [1.54, 1.807) is 11.3 Å². The van der Waals surface area contributed by atoms with E-state index in [1.807, 2.05) is 0 Å². The van der Waals surface area contributed by atoms with Crippen molar-refractivity contribution in [1.29, 1.82) is 0 Å². The highest BCUT2D eigenvalue weighted by Crippen LogP contribution is 2.38. The van der Waals surface area contributed by atoms with Crippen LogP contribution in [0.15, 0.2) is 15.2 Å². The second kappa shape index (κ2) is 5.65. The van der Waals surface area contributed by atoms with Crippen molar-refractivity contribution < 1.29 is 0 Å². The lowest BCUT2D eigenvalue weighted by Crippen LogP contribution is -2.25. The summed E-state index contributed by atoms with van der Waals surface area (Å²) in [5.74, 6) is 1.65. The van der Waals surface area contributed by atoms with E-state index in [1.165, 1.54) is 41.5 Å². The summed E-state index contributed by atoms with van der Waals surface area (Å²) in [7, 11) is 0. The summed E-state index contributed by atoms with van der Waals surface area (Å²) in [5.41, 5.74) is 7.67. The lowest BCUT2D eigenvalue weighted by atomic mass is 9.76. The lowest BCUT2D eigenvalue weighted by molar-refractivity contribution is 0.240. The van der Waals surface area contributed by atoms with E-state index in [9.17, 15) is 0 Å². The van der Waals surface area contributed by atoms with Crippen LogP contribution in [0, 0.1) is 11.8 Å². The van der Waals surface area contributed by atoms with Crippen LogP contribution in [0.25, 0.3) is 0 Å². The predicted octanol–water partition coefficient (Wildman–Crippen LogP) is 4.73. The molecule has 1 aliphatic rings. The van der Waals surface area contributed by atoms with Gasteiger partial charge in [0.2, 0.25) is 0 Å². The topological polar surface area (TPSA) is 26.0 Å². The van der Waals surface area contributed by atoms with E-state index in [-0.39, 0.29) is 6.04 Å². The van der Waals surface area contributed by atoms with Gasteiger partial charge < -0.3 is 5.73 Å². The number of rotatable bonds is 3. The molecule has 1 saturated carbocycles. The Labute approximate surface area is 111 Å². The third-order valence-corrected chi connectivity index (χ3v) is 5.47. The van der Waals surface area contributed by atoms with Gasteiger partial charge in [0.15, 0.2) is 0 Å². The van der Waals surface area contributed by atoms with Crippen molar-refractivity contribution in [2.75, 3.05) is 0 Å².